The lowest BCUT2D eigenvalue weighted by Crippen LogP contribution is -2.35. The van der Waals surface area contributed by atoms with Crippen LogP contribution in [0.1, 0.15) is 61.4 Å². The molecule has 0 bridgehead atoms. The van der Waals surface area contributed by atoms with Gasteiger partial charge in [-0.15, -0.1) is 11.3 Å². The van der Waals surface area contributed by atoms with Crippen molar-refractivity contribution in [3.63, 3.8) is 0 Å². The third kappa shape index (κ3) is 4.98. The highest BCUT2D eigenvalue weighted by molar-refractivity contribution is 7.20. The summed E-state index contributed by atoms with van der Waals surface area (Å²) in [5.74, 6) is 0.559. The summed E-state index contributed by atoms with van der Waals surface area (Å²) in [5, 5.41) is 12.7. The number of aromatic nitrogens is 1. The molecule has 168 valence electrons. The molecule has 1 N–H and O–H groups in total. The minimum atomic E-state index is -0.278. The van der Waals surface area contributed by atoms with Crippen molar-refractivity contribution in [1.82, 2.24) is 9.88 Å². The molecular weight excluding hydrogens is 412 g/mol. The van der Waals surface area contributed by atoms with Gasteiger partial charge in [0.1, 0.15) is 0 Å². The number of aliphatic hydroxyl groups excluding tert-OH is 1. The monoisotopic (exact) mass is 446 g/mol. The Morgan fingerprint density at radius 1 is 1.06 bits per heavy atom. The zero-order valence-electron chi connectivity index (χ0n) is 18.8. The van der Waals surface area contributed by atoms with E-state index in [1.165, 1.54) is 39.8 Å². The maximum atomic E-state index is 11.3. The molecule has 3 nitrogen and oxygen atoms in total. The number of pyridine rings is 1. The summed E-state index contributed by atoms with van der Waals surface area (Å²) in [4.78, 5) is 8.61. The lowest BCUT2D eigenvalue weighted by Gasteiger charge is -2.34. The molecule has 1 aliphatic heterocycles. The Hall–Kier alpha value is -2.01. The van der Waals surface area contributed by atoms with Crippen LogP contribution in [0.25, 0.3) is 15.7 Å². The predicted octanol–water partition coefficient (Wildman–Crippen LogP) is 6.50. The van der Waals surface area contributed by atoms with Crippen molar-refractivity contribution >= 4 is 27.0 Å². The fourth-order valence-electron chi connectivity index (χ4n) is 5.49. The molecular formula is C28H34N2OS. The number of hydrogen-bond acceptors (Lipinski definition) is 4. The molecule has 2 atom stereocenters. The van der Waals surface area contributed by atoms with Crippen LogP contribution < -0.4 is 0 Å². The van der Waals surface area contributed by atoms with Crippen molar-refractivity contribution in [1.29, 1.82) is 0 Å². The van der Waals surface area contributed by atoms with Gasteiger partial charge in [0, 0.05) is 40.5 Å². The Balaban J connectivity index is 1.23. The molecule has 0 saturated heterocycles. The Labute approximate surface area is 195 Å². The number of hydrogen-bond donors (Lipinski definition) is 1. The SMILES string of the molecule is OC(C1CCCCC1)C(CCN1CC=C(c2cc3ccccc3s2)CC1)c1ccccn1. The summed E-state index contributed by atoms with van der Waals surface area (Å²) in [7, 11) is 0. The van der Waals surface area contributed by atoms with Crippen molar-refractivity contribution in [3.05, 3.63) is 71.4 Å². The van der Waals surface area contributed by atoms with Crippen molar-refractivity contribution in [2.75, 3.05) is 19.6 Å². The largest absolute Gasteiger partial charge is 0.392 e. The number of nitrogens with zero attached hydrogens (tertiary/aromatic N) is 2. The van der Waals surface area contributed by atoms with Gasteiger partial charge < -0.3 is 5.11 Å². The average molecular weight is 447 g/mol. The van der Waals surface area contributed by atoms with Gasteiger partial charge in [-0.25, -0.2) is 0 Å². The summed E-state index contributed by atoms with van der Waals surface area (Å²) >= 11 is 1.91. The van der Waals surface area contributed by atoms with Gasteiger partial charge in [-0.3, -0.25) is 9.88 Å². The average Bonchev–Trinajstić information content (AvgIpc) is 3.30. The Morgan fingerprint density at radius 3 is 2.66 bits per heavy atom. The van der Waals surface area contributed by atoms with Crippen LogP contribution in [-0.4, -0.2) is 40.7 Å². The summed E-state index contributed by atoms with van der Waals surface area (Å²) in [6, 6.07) is 17.2. The molecule has 0 spiro atoms. The van der Waals surface area contributed by atoms with Gasteiger partial charge in [0.25, 0.3) is 0 Å². The van der Waals surface area contributed by atoms with Crippen molar-refractivity contribution < 1.29 is 5.11 Å². The molecule has 2 unspecified atom stereocenters. The summed E-state index contributed by atoms with van der Waals surface area (Å²) in [6.45, 7) is 3.10. The highest BCUT2D eigenvalue weighted by Crippen LogP contribution is 2.36. The molecule has 3 aromatic rings. The second kappa shape index (κ2) is 10.3. The highest BCUT2D eigenvalue weighted by atomic mass is 32.1. The van der Waals surface area contributed by atoms with Gasteiger partial charge in [0.15, 0.2) is 0 Å². The van der Waals surface area contributed by atoms with Crippen molar-refractivity contribution in [3.8, 4) is 0 Å². The number of aliphatic hydroxyl groups is 1. The van der Waals surface area contributed by atoms with E-state index in [1.54, 1.807) is 0 Å². The van der Waals surface area contributed by atoms with E-state index in [1.807, 2.05) is 23.6 Å². The quantitative estimate of drug-likeness (QED) is 0.450. The van der Waals surface area contributed by atoms with E-state index in [4.69, 9.17) is 0 Å². The Kier molecular flexibility index (Phi) is 7.01. The summed E-state index contributed by atoms with van der Waals surface area (Å²) < 4.78 is 1.38. The van der Waals surface area contributed by atoms with Gasteiger partial charge in [-0.2, -0.15) is 0 Å². The minimum absolute atomic E-state index is 0.132. The first-order chi connectivity index (χ1) is 15.8. The predicted molar refractivity (Wildman–Crippen MR) is 135 cm³/mol. The zero-order chi connectivity index (χ0) is 21.8. The topological polar surface area (TPSA) is 36.4 Å². The van der Waals surface area contributed by atoms with E-state index in [9.17, 15) is 5.11 Å². The maximum absolute atomic E-state index is 11.3. The smallest absolute Gasteiger partial charge is 0.0652 e. The second-order valence-electron chi connectivity index (χ2n) is 9.47. The standard InChI is InChI=1S/C28H34N2OS/c31-28(22-8-2-1-3-9-22)24(25-11-6-7-16-29-25)15-19-30-17-13-21(14-18-30)27-20-23-10-4-5-12-26(23)32-27/h4-7,10-13,16,20,22,24,28,31H,1-3,8-9,14-15,17-19H2. The minimum Gasteiger partial charge on any atom is -0.392 e. The molecule has 5 rings (SSSR count). The van der Waals surface area contributed by atoms with Crippen LogP contribution in [0.5, 0.6) is 0 Å². The molecule has 4 heteroatoms. The Bertz CT molecular complexity index is 1000. The number of thiophene rings is 1. The van der Waals surface area contributed by atoms with Crippen LogP contribution in [0.15, 0.2) is 60.8 Å². The molecule has 1 aromatic carbocycles. The normalized spacial score (nSPS) is 20.2. The molecule has 1 aliphatic carbocycles. The highest BCUT2D eigenvalue weighted by Gasteiger charge is 2.31. The maximum Gasteiger partial charge on any atom is 0.0652 e. The number of benzene rings is 1. The van der Waals surface area contributed by atoms with Gasteiger partial charge in [-0.05, 0) is 73.4 Å². The van der Waals surface area contributed by atoms with Crippen LogP contribution in [0.4, 0.5) is 0 Å². The van der Waals surface area contributed by atoms with Gasteiger partial charge in [0.05, 0.1) is 6.10 Å². The lowest BCUT2D eigenvalue weighted by molar-refractivity contribution is 0.0530. The summed E-state index contributed by atoms with van der Waals surface area (Å²) in [5.41, 5.74) is 2.55. The van der Waals surface area contributed by atoms with E-state index in [0.29, 0.717) is 5.92 Å². The molecule has 1 fully saturated rings. The third-order valence-corrected chi connectivity index (χ3v) is 8.60. The van der Waals surface area contributed by atoms with E-state index < -0.39 is 0 Å². The van der Waals surface area contributed by atoms with E-state index in [-0.39, 0.29) is 12.0 Å². The third-order valence-electron chi connectivity index (χ3n) is 7.40. The first-order valence-corrected chi connectivity index (χ1v) is 13.1. The molecule has 0 radical (unpaired) electrons. The Morgan fingerprint density at radius 2 is 1.91 bits per heavy atom. The van der Waals surface area contributed by atoms with Gasteiger partial charge in [-0.1, -0.05) is 49.6 Å². The van der Waals surface area contributed by atoms with Crippen LogP contribution in [-0.2, 0) is 0 Å². The van der Waals surface area contributed by atoms with Gasteiger partial charge >= 0.3 is 0 Å². The molecule has 2 aliphatic rings. The van der Waals surface area contributed by atoms with Gasteiger partial charge in [0.2, 0.25) is 0 Å². The van der Waals surface area contributed by atoms with E-state index in [2.05, 4.69) is 58.4 Å². The van der Waals surface area contributed by atoms with E-state index in [0.717, 1.165) is 51.0 Å². The first kappa shape index (κ1) is 21.8. The van der Waals surface area contributed by atoms with Crippen LogP contribution in [0, 0.1) is 5.92 Å². The fourth-order valence-corrected chi connectivity index (χ4v) is 6.62. The molecule has 32 heavy (non-hydrogen) atoms. The summed E-state index contributed by atoms with van der Waals surface area (Å²) in [6.07, 6.45) is 12.2. The zero-order valence-corrected chi connectivity index (χ0v) is 19.6. The van der Waals surface area contributed by atoms with Crippen LogP contribution in [0.3, 0.4) is 0 Å². The second-order valence-corrected chi connectivity index (χ2v) is 10.6. The molecule has 0 amide bonds. The molecule has 1 saturated carbocycles. The molecule has 2 aromatic heterocycles. The van der Waals surface area contributed by atoms with Crippen molar-refractivity contribution in [2.45, 2.75) is 57.0 Å². The van der Waals surface area contributed by atoms with Crippen LogP contribution in [0.2, 0.25) is 0 Å². The molecule has 3 heterocycles. The van der Waals surface area contributed by atoms with Crippen molar-refractivity contribution in [2.24, 2.45) is 5.92 Å². The number of fused-ring (bicyclic) bond motifs is 1. The lowest BCUT2D eigenvalue weighted by atomic mass is 9.78. The van der Waals surface area contributed by atoms with Crippen LogP contribution >= 0.6 is 11.3 Å². The number of rotatable bonds is 7. The van der Waals surface area contributed by atoms with E-state index >= 15 is 0 Å². The first-order valence-electron chi connectivity index (χ1n) is 12.3. The fraction of sp³-hybridized carbons (Fsp3) is 0.464.